The van der Waals surface area contributed by atoms with Crippen LogP contribution >= 0.6 is 0 Å². The molecule has 0 saturated heterocycles. The average Bonchev–Trinajstić information content (AvgIpc) is 2.35. The van der Waals surface area contributed by atoms with Crippen LogP contribution < -0.4 is 0 Å². The molecule has 0 fully saturated rings. The van der Waals surface area contributed by atoms with Crippen LogP contribution in [0.3, 0.4) is 0 Å². The number of carbonyl (C=O) groups is 2. The van der Waals surface area contributed by atoms with E-state index in [0.29, 0.717) is 5.57 Å². The number of unbranched alkanes of at least 4 members (excludes halogenated alkanes) is 5. The molecule has 0 spiro atoms. The van der Waals surface area contributed by atoms with E-state index in [1.807, 2.05) is 0 Å². The molecule has 0 aromatic rings. The zero-order chi connectivity index (χ0) is 13.8. The standard InChI is InChI=1S/C14H24O4/c1-4-5-6-7-8-9-10-13(14(16)17-3)11-18-12(2)15/h10H,4-9,11H2,1-3H3/b13-10+. The van der Waals surface area contributed by atoms with Crippen LogP contribution in [0.15, 0.2) is 11.6 Å². The highest BCUT2D eigenvalue weighted by atomic mass is 16.5. The summed E-state index contributed by atoms with van der Waals surface area (Å²) in [5.41, 5.74) is 0.420. The lowest BCUT2D eigenvalue weighted by molar-refractivity contribution is -0.142. The fourth-order valence-corrected chi connectivity index (χ4v) is 1.54. The number of ether oxygens (including phenoxy) is 2. The lowest BCUT2D eigenvalue weighted by Gasteiger charge is -2.06. The fraction of sp³-hybridized carbons (Fsp3) is 0.714. The molecule has 0 aromatic heterocycles. The number of hydrogen-bond donors (Lipinski definition) is 0. The van der Waals surface area contributed by atoms with Gasteiger partial charge in [-0.25, -0.2) is 4.79 Å². The molecule has 0 amide bonds. The van der Waals surface area contributed by atoms with Crippen molar-refractivity contribution in [2.24, 2.45) is 0 Å². The Kier molecular flexibility index (Phi) is 10.0. The summed E-state index contributed by atoms with van der Waals surface area (Å²) in [6, 6.07) is 0. The van der Waals surface area contributed by atoms with Crippen molar-refractivity contribution >= 4 is 11.9 Å². The second-order valence-electron chi connectivity index (χ2n) is 4.20. The SMILES string of the molecule is CCCCCCC/C=C(\COC(C)=O)C(=O)OC. The van der Waals surface area contributed by atoms with Crippen LogP contribution in [-0.2, 0) is 19.1 Å². The first-order valence-electron chi connectivity index (χ1n) is 6.52. The van der Waals surface area contributed by atoms with Gasteiger partial charge in [-0.15, -0.1) is 0 Å². The number of rotatable bonds is 9. The van der Waals surface area contributed by atoms with Crippen LogP contribution in [0.2, 0.25) is 0 Å². The Labute approximate surface area is 109 Å². The highest BCUT2D eigenvalue weighted by Gasteiger charge is 2.10. The minimum absolute atomic E-state index is 0.00301. The summed E-state index contributed by atoms with van der Waals surface area (Å²) in [6.45, 7) is 3.49. The molecule has 0 aliphatic heterocycles. The van der Waals surface area contributed by atoms with Gasteiger partial charge in [-0.05, 0) is 12.8 Å². The number of allylic oxidation sites excluding steroid dienone is 1. The molecule has 4 nitrogen and oxygen atoms in total. The van der Waals surface area contributed by atoms with Gasteiger partial charge >= 0.3 is 11.9 Å². The van der Waals surface area contributed by atoms with Gasteiger partial charge < -0.3 is 9.47 Å². The van der Waals surface area contributed by atoms with E-state index in [9.17, 15) is 9.59 Å². The van der Waals surface area contributed by atoms with E-state index in [4.69, 9.17) is 4.74 Å². The van der Waals surface area contributed by atoms with Crippen molar-refractivity contribution < 1.29 is 19.1 Å². The first-order valence-corrected chi connectivity index (χ1v) is 6.52. The first kappa shape index (κ1) is 16.7. The van der Waals surface area contributed by atoms with Crippen molar-refractivity contribution in [3.8, 4) is 0 Å². The zero-order valence-corrected chi connectivity index (χ0v) is 11.7. The summed E-state index contributed by atoms with van der Waals surface area (Å²) in [7, 11) is 1.32. The van der Waals surface area contributed by atoms with Gasteiger partial charge in [0.25, 0.3) is 0 Å². The van der Waals surface area contributed by atoms with E-state index in [-0.39, 0.29) is 6.61 Å². The maximum atomic E-state index is 11.4. The van der Waals surface area contributed by atoms with Gasteiger partial charge in [-0.1, -0.05) is 38.7 Å². The van der Waals surface area contributed by atoms with Crippen molar-refractivity contribution in [3.05, 3.63) is 11.6 Å². The summed E-state index contributed by atoms with van der Waals surface area (Å²) in [4.78, 5) is 22.1. The number of methoxy groups -OCH3 is 1. The monoisotopic (exact) mass is 256 g/mol. The van der Waals surface area contributed by atoms with E-state index in [1.165, 1.54) is 33.3 Å². The Balaban J connectivity index is 4.04. The van der Waals surface area contributed by atoms with Crippen molar-refractivity contribution in [2.75, 3.05) is 13.7 Å². The molecule has 0 heterocycles. The number of esters is 2. The molecule has 0 saturated carbocycles. The Bertz CT molecular complexity index is 282. The molecule has 0 atom stereocenters. The van der Waals surface area contributed by atoms with Crippen molar-refractivity contribution in [2.45, 2.75) is 52.4 Å². The number of hydrogen-bond acceptors (Lipinski definition) is 4. The molecule has 0 rings (SSSR count). The highest BCUT2D eigenvalue weighted by Crippen LogP contribution is 2.08. The summed E-state index contributed by atoms with van der Waals surface area (Å²) in [5, 5.41) is 0. The van der Waals surface area contributed by atoms with Crippen LogP contribution in [-0.4, -0.2) is 25.7 Å². The summed E-state index contributed by atoms with van der Waals surface area (Å²) >= 11 is 0. The van der Waals surface area contributed by atoms with Gasteiger partial charge in [0.1, 0.15) is 6.61 Å². The van der Waals surface area contributed by atoms with E-state index >= 15 is 0 Å². The molecular formula is C14H24O4. The predicted molar refractivity (Wildman–Crippen MR) is 70.1 cm³/mol. The Morgan fingerprint density at radius 1 is 1.11 bits per heavy atom. The predicted octanol–water partition coefficient (Wildman–Crippen LogP) is 3.01. The molecule has 0 bridgehead atoms. The van der Waals surface area contributed by atoms with Gasteiger partial charge in [-0.2, -0.15) is 0 Å². The van der Waals surface area contributed by atoms with Gasteiger partial charge in [0.05, 0.1) is 12.7 Å². The van der Waals surface area contributed by atoms with Gasteiger partial charge in [0.2, 0.25) is 0 Å². The van der Waals surface area contributed by atoms with E-state index in [1.54, 1.807) is 6.08 Å². The fourth-order valence-electron chi connectivity index (χ4n) is 1.54. The molecule has 4 heteroatoms. The lowest BCUT2D eigenvalue weighted by Crippen LogP contribution is -2.12. The first-order chi connectivity index (χ1) is 8.61. The molecule has 0 aliphatic rings. The minimum atomic E-state index is -0.426. The maximum absolute atomic E-state index is 11.4. The zero-order valence-electron chi connectivity index (χ0n) is 11.7. The van der Waals surface area contributed by atoms with Crippen LogP contribution in [0.5, 0.6) is 0 Å². The molecule has 18 heavy (non-hydrogen) atoms. The molecular weight excluding hydrogens is 232 g/mol. The molecule has 104 valence electrons. The Morgan fingerprint density at radius 2 is 1.78 bits per heavy atom. The van der Waals surface area contributed by atoms with Crippen molar-refractivity contribution in [1.29, 1.82) is 0 Å². The molecule has 0 aliphatic carbocycles. The quantitative estimate of drug-likeness (QED) is 0.361. The lowest BCUT2D eigenvalue weighted by atomic mass is 10.1. The van der Waals surface area contributed by atoms with Crippen molar-refractivity contribution in [1.82, 2.24) is 0 Å². The average molecular weight is 256 g/mol. The summed E-state index contributed by atoms with van der Waals surface area (Å²) in [6.07, 6.45) is 8.52. The molecule has 0 unspecified atom stereocenters. The van der Waals surface area contributed by atoms with E-state index in [2.05, 4.69) is 11.7 Å². The van der Waals surface area contributed by atoms with Crippen LogP contribution in [0.4, 0.5) is 0 Å². The van der Waals surface area contributed by atoms with Gasteiger partial charge in [0, 0.05) is 6.92 Å². The Morgan fingerprint density at radius 3 is 2.33 bits per heavy atom. The van der Waals surface area contributed by atoms with Gasteiger partial charge in [0.15, 0.2) is 0 Å². The largest absolute Gasteiger partial charge is 0.466 e. The van der Waals surface area contributed by atoms with E-state index in [0.717, 1.165) is 19.3 Å². The van der Waals surface area contributed by atoms with Crippen LogP contribution in [0.25, 0.3) is 0 Å². The summed E-state index contributed by atoms with van der Waals surface area (Å²) < 4.78 is 9.46. The second kappa shape index (κ2) is 10.8. The number of carbonyl (C=O) groups excluding carboxylic acids is 2. The molecule has 0 aromatic carbocycles. The highest BCUT2D eigenvalue weighted by molar-refractivity contribution is 5.88. The van der Waals surface area contributed by atoms with Crippen molar-refractivity contribution in [3.63, 3.8) is 0 Å². The van der Waals surface area contributed by atoms with Gasteiger partial charge in [-0.3, -0.25) is 4.79 Å². The third-order valence-corrected chi connectivity index (χ3v) is 2.58. The minimum Gasteiger partial charge on any atom is -0.466 e. The Hall–Kier alpha value is -1.32. The topological polar surface area (TPSA) is 52.6 Å². The normalized spacial score (nSPS) is 11.2. The van der Waals surface area contributed by atoms with Crippen LogP contribution in [0.1, 0.15) is 52.4 Å². The third kappa shape index (κ3) is 8.79. The molecule has 0 radical (unpaired) electrons. The third-order valence-electron chi connectivity index (χ3n) is 2.58. The summed E-state index contributed by atoms with van der Waals surface area (Å²) in [5.74, 6) is -0.822. The van der Waals surface area contributed by atoms with Crippen LogP contribution in [0, 0.1) is 0 Å². The van der Waals surface area contributed by atoms with E-state index < -0.39 is 11.9 Å². The molecule has 0 N–H and O–H groups in total. The second-order valence-corrected chi connectivity index (χ2v) is 4.20. The maximum Gasteiger partial charge on any atom is 0.336 e. The smallest absolute Gasteiger partial charge is 0.336 e.